The lowest BCUT2D eigenvalue weighted by atomic mass is 10.1. The summed E-state index contributed by atoms with van der Waals surface area (Å²) in [5.41, 5.74) is 2.10. The Morgan fingerprint density at radius 2 is 1.63 bits per heavy atom. The van der Waals surface area contributed by atoms with Gasteiger partial charge in [-0.05, 0) is 60.3 Å². The second kappa shape index (κ2) is 8.78. The van der Waals surface area contributed by atoms with Crippen LogP contribution in [0.5, 0.6) is 0 Å². The summed E-state index contributed by atoms with van der Waals surface area (Å²) in [5.74, 6) is -0.592. The van der Waals surface area contributed by atoms with Crippen molar-refractivity contribution in [2.75, 3.05) is 24.7 Å². The first-order valence-electron chi connectivity index (χ1n) is 8.98. The van der Waals surface area contributed by atoms with Crippen molar-refractivity contribution in [3.8, 4) is 0 Å². The van der Waals surface area contributed by atoms with E-state index in [2.05, 4.69) is 10.6 Å². The number of hydrogen-bond acceptors (Lipinski definition) is 5. The van der Waals surface area contributed by atoms with Crippen molar-refractivity contribution in [3.05, 3.63) is 76.0 Å². The van der Waals surface area contributed by atoms with E-state index in [1.54, 1.807) is 49.4 Å². The lowest BCUT2D eigenvalue weighted by Crippen LogP contribution is -2.22. The van der Waals surface area contributed by atoms with Gasteiger partial charge in [-0.1, -0.05) is 12.1 Å². The molecule has 0 saturated heterocycles. The molecule has 0 unspecified atom stereocenters. The largest absolute Gasteiger partial charge is 0.322 e. The van der Waals surface area contributed by atoms with Gasteiger partial charge in [0.05, 0.1) is 9.77 Å². The maximum absolute atomic E-state index is 12.6. The van der Waals surface area contributed by atoms with Crippen LogP contribution in [0.3, 0.4) is 0 Å². The first kappa shape index (κ1) is 21.7. The highest BCUT2D eigenvalue weighted by Gasteiger charge is 2.19. The van der Waals surface area contributed by atoms with Crippen LogP contribution < -0.4 is 10.6 Å². The first-order chi connectivity index (χ1) is 14.2. The number of benzene rings is 2. The summed E-state index contributed by atoms with van der Waals surface area (Å²) in [7, 11) is -0.709. The molecular formula is C21H21N3O4S2. The number of sulfonamides is 1. The Kier molecular flexibility index (Phi) is 6.35. The molecule has 1 aromatic heterocycles. The van der Waals surface area contributed by atoms with Crippen molar-refractivity contribution < 1.29 is 18.0 Å². The van der Waals surface area contributed by atoms with E-state index in [9.17, 15) is 18.0 Å². The van der Waals surface area contributed by atoms with Crippen molar-refractivity contribution in [2.24, 2.45) is 0 Å². The maximum atomic E-state index is 12.6. The van der Waals surface area contributed by atoms with Gasteiger partial charge in [-0.15, -0.1) is 11.3 Å². The molecule has 2 N–H and O–H groups in total. The molecule has 1 heterocycles. The molecule has 0 aliphatic heterocycles. The number of nitrogens with zero attached hydrogens (tertiary/aromatic N) is 1. The van der Waals surface area contributed by atoms with E-state index in [1.807, 2.05) is 5.38 Å². The molecule has 0 spiro atoms. The highest BCUT2D eigenvalue weighted by atomic mass is 32.2. The second-order valence-electron chi connectivity index (χ2n) is 6.73. The molecule has 30 heavy (non-hydrogen) atoms. The Balaban J connectivity index is 1.74. The molecule has 7 nitrogen and oxygen atoms in total. The predicted molar refractivity (Wildman–Crippen MR) is 119 cm³/mol. The third-order valence-corrected chi connectivity index (χ3v) is 7.07. The normalized spacial score (nSPS) is 11.3. The standard InChI is InChI=1S/C21H21N3O4S2/c1-14-6-11-17(30(27,28)24(2)3)13-18(14)23-20(25)15-7-9-16(10-8-15)22-21(26)19-5-4-12-29-19/h4-13H,1-3H3,(H,22,26)(H,23,25). The van der Waals surface area contributed by atoms with Crippen LogP contribution in [-0.2, 0) is 10.0 Å². The molecule has 3 rings (SSSR count). The van der Waals surface area contributed by atoms with Crippen LogP contribution in [-0.4, -0.2) is 38.6 Å². The summed E-state index contributed by atoms with van der Waals surface area (Å²) in [6.07, 6.45) is 0. The van der Waals surface area contributed by atoms with Gasteiger partial charge >= 0.3 is 0 Å². The highest BCUT2D eigenvalue weighted by Crippen LogP contribution is 2.23. The van der Waals surface area contributed by atoms with Crippen molar-refractivity contribution in [1.29, 1.82) is 0 Å². The molecule has 0 bridgehead atoms. The minimum absolute atomic E-state index is 0.0973. The quantitative estimate of drug-likeness (QED) is 0.606. The van der Waals surface area contributed by atoms with Crippen molar-refractivity contribution in [1.82, 2.24) is 4.31 Å². The molecule has 0 aliphatic carbocycles. The van der Waals surface area contributed by atoms with Gasteiger partial charge in [0.2, 0.25) is 10.0 Å². The zero-order valence-corrected chi connectivity index (χ0v) is 18.3. The van der Waals surface area contributed by atoms with Gasteiger partial charge < -0.3 is 10.6 Å². The van der Waals surface area contributed by atoms with Crippen LogP contribution in [0.15, 0.2) is 64.9 Å². The highest BCUT2D eigenvalue weighted by molar-refractivity contribution is 7.89. The first-order valence-corrected chi connectivity index (χ1v) is 11.3. The number of amides is 2. The fraction of sp³-hybridized carbons (Fsp3) is 0.143. The number of anilines is 2. The van der Waals surface area contributed by atoms with E-state index >= 15 is 0 Å². The molecule has 2 amide bonds. The summed E-state index contributed by atoms with van der Waals surface area (Å²) in [6, 6.07) is 14.6. The SMILES string of the molecule is Cc1ccc(S(=O)(=O)N(C)C)cc1NC(=O)c1ccc(NC(=O)c2cccs2)cc1. The fourth-order valence-corrected chi connectivity index (χ4v) is 4.15. The van der Waals surface area contributed by atoms with Gasteiger partial charge in [-0.25, -0.2) is 12.7 Å². The molecule has 0 saturated carbocycles. The van der Waals surface area contributed by atoms with E-state index in [0.29, 0.717) is 21.8 Å². The van der Waals surface area contributed by atoms with Crippen LogP contribution >= 0.6 is 11.3 Å². The average molecular weight is 444 g/mol. The lowest BCUT2D eigenvalue weighted by molar-refractivity contribution is 0.102. The number of rotatable bonds is 6. The zero-order valence-electron chi connectivity index (χ0n) is 16.7. The van der Waals surface area contributed by atoms with Crippen LogP contribution in [0, 0.1) is 6.92 Å². The average Bonchev–Trinajstić information content (AvgIpc) is 3.25. The Hall–Kier alpha value is -3.01. The van der Waals surface area contributed by atoms with Crippen LogP contribution in [0.25, 0.3) is 0 Å². The smallest absolute Gasteiger partial charge is 0.265 e. The Morgan fingerprint density at radius 1 is 0.933 bits per heavy atom. The van der Waals surface area contributed by atoms with Gasteiger partial charge in [0.15, 0.2) is 0 Å². The third-order valence-electron chi connectivity index (χ3n) is 4.39. The topological polar surface area (TPSA) is 95.6 Å². The van der Waals surface area contributed by atoms with E-state index in [4.69, 9.17) is 0 Å². The molecule has 9 heteroatoms. The summed E-state index contributed by atoms with van der Waals surface area (Å²) in [4.78, 5) is 25.4. The minimum Gasteiger partial charge on any atom is -0.322 e. The monoisotopic (exact) mass is 443 g/mol. The predicted octanol–water partition coefficient (Wildman–Crippen LogP) is 3.81. The molecule has 2 aromatic carbocycles. The summed E-state index contributed by atoms with van der Waals surface area (Å²) < 4.78 is 25.8. The van der Waals surface area contributed by atoms with Crippen molar-refractivity contribution in [3.63, 3.8) is 0 Å². The van der Waals surface area contributed by atoms with Gasteiger partial charge in [-0.3, -0.25) is 9.59 Å². The minimum atomic E-state index is -3.61. The molecular weight excluding hydrogens is 422 g/mol. The number of aryl methyl sites for hydroxylation is 1. The van der Waals surface area contributed by atoms with Gasteiger partial charge in [0, 0.05) is 31.0 Å². The van der Waals surface area contributed by atoms with Crippen LogP contribution in [0.1, 0.15) is 25.6 Å². The Labute approximate surface area is 179 Å². The summed E-state index contributed by atoms with van der Waals surface area (Å²) in [5, 5.41) is 7.35. The van der Waals surface area contributed by atoms with E-state index in [1.165, 1.54) is 37.6 Å². The van der Waals surface area contributed by atoms with Gasteiger partial charge in [0.25, 0.3) is 11.8 Å². The van der Waals surface area contributed by atoms with Crippen LogP contribution in [0.4, 0.5) is 11.4 Å². The zero-order chi connectivity index (χ0) is 21.9. The molecule has 0 radical (unpaired) electrons. The summed E-state index contributed by atoms with van der Waals surface area (Å²) in [6.45, 7) is 1.78. The molecule has 156 valence electrons. The number of hydrogen-bond donors (Lipinski definition) is 2. The van der Waals surface area contributed by atoms with E-state index in [-0.39, 0.29) is 16.7 Å². The third kappa shape index (κ3) is 4.76. The van der Waals surface area contributed by atoms with E-state index < -0.39 is 10.0 Å². The molecule has 0 atom stereocenters. The Morgan fingerprint density at radius 3 is 2.23 bits per heavy atom. The van der Waals surface area contributed by atoms with Gasteiger partial charge in [-0.2, -0.15) is 0 Å². The molecule has 0 fully saturated rings. The van der Waals surface area contributed by atoms with E-state index in [0.717, 1.165) is 9.87 Å². The van der Waals surface area contributed by atoms with Crippen molar-refractivity contribution >= 4 is 44.5 Å². The van der Waals surface area contributed by atoms with Gasteiger partial charge in [0.1, 0.15) is 0 Å². The molecule has 3 aromatic rings. The number of carbonyl (C=O) groups excluding carboxylic acids is 2. The number of thiophene rings is 1. The number of nitrogens with one attached hydrogen (secondary N) is 2. The number of carbonyl (C=O) groups is 2. The maximum Gasteiger partial charge on any atom is 0.265 e. The van der Waals surface area contributed by atoms with Crippen LogP contribution in [0.2, 0.25) is 0 Å². The molecule has 0 aliphatic rings. The van der Waals surface area contributed by atoms with Crippen molar-refractivity contribution in [2.45, 2.75) is 11.8 Å². The summed E-state index contributed by atoms with van der Waals surface area (Å²) >= 11 is 1.34. The lowest BCUT2D eigenvalue weighted by Gasteiger charge is -2.14. The second-order valence-corrected chi connectivity index (χ2v) is 9.83. The Bertz CT molecular complexity index is 1170. The fourth-order valence-electron chi connectivity index (χ4n) is 2.61.